The number of hydrogen-bond acceptors (Lipinski definition) is 3. The highest BCUT2D eigenvalue weighted by Crippen LogP contribution is 2.33. The Labute approximate surface area is 210 Å². The zero-order valence-electron chi connectivity index (χ0n) is 20.6. The van der Waals surface area contributed by atoms with Crippen molar-refractivity contribution in [2.45, 2.75) is 39.4 Å². The molecule has 0 bridgehead atoms. The van der Waals surface area contributed by atoms with Gasteiger partial charge in [-0.15, -0.1) is 0 Å². The molecule has 1 fully saturated rings. The summed E-state index contributed by atoms with van der Waals surface area (Å²) in [4.78, 5) is 0. The fourth-order valence-electron chi connectivity index (χ4n) is 4.24. The van der Waals surface area contributed by atoms with E-state index in [1.54, 1.807) is 36.4 Å². The lowest BCUT2D eigenvalue weighted by Crippen LogP contribution is -2.25. The molecule has 1 saturated heterocycles. The van der Waals surface area contributed by atoms with Crippen LogP contribution < -0.4 is 4.74 Å². The third-order valence-electron chi connectivity index (χ3n) is 6.21. The van der Waals surface area contributed by atoms with Crippen LogP contribution in [0.3, 0.4) is 0 Å². The Morgan fingerprint density at radius 2 is 1.53 bits per heavy atom. The van der Waals surface area contributed by atoms with E-state index in [0.29, 0.717) is 42.1 Å². The number of allylic oxidation sites excluding steroid dienone is 1. The molecule has 4 rings (SSSR count). The lowest BCUT2D eigenvalue weighted by Gasteiger charge is -2.28. The minimum absolute atomic E-state index is 0.0885. The Kier molecular flexibility index (Phi) is 8.83. The summed E-state index contributed by atoms with van der Waals surface area (Å²) < 4.78 is 61.1. The zero-order chi connectivity index (χ0) is 25.5. The van der Waals surface area contributed by atoms with E-state index < -0.39 is 23.7 Å². The summed E-state index contributed by atoms with van der Waals surface area (Å²) in [6.07, 6.45) is 6.16. The second kappa shape index (κ2) is 12.2. The third kappa shape index (κ3) is 6.00. The summed E-state index contributed by atoms with van der Waals surface area (Å²) in [5.74, 6) is -2.27. The van der Waals surface area contributed by atoms with Crippen molar-refractivity contribution in [3.05, 3.63) is 89.8 Å². The molecule has 0 spiro atoms. The summed E-state index contributed by atoms with van der Waals surface area (Å²) in [5.41, 5.74) is 2.25. The molecule has 3 nitrogen and oxygen atoms in total. The Hall–Kier alpha value is -3.09. The highest BCUT2D eigenvalue weighted by molar-refractivity contribution is 5.71. The summed E-state index contributed by atoms with van der Waals surface area (Å²) >= 11 is 0. The maximum absolute atomic E-state index is 15.0. The Balaban J connectivity index is 1.46. The molecule has 3 aromatic carbocycles. The molecule has 1 aliphatic rings. The second-order valence-electron chi connectivity index (χ2n) is 8.90. The Morgan fingerprint density at radius 3 is 2.17 bits per heavy atom. The highest BCUT2D eigenvalue weighted by Gasteiger charge is 2.23. The Bertz CT molecular complexity index is 1180. The van der Waals surface area contributed by atoms with Crippen LogP contribution in [0.5, 0.6) is 5.75 Å². The van der Waals surface area contributed by atoms with Gasteiger partial charge in [-0.2, -0.15) is 4.39 Å². The topological polar surface area (TPSA) is 27.7 Å². The van der Waals surface area contributed by atoms with Gasteiger partial charge in [-0.25, -0.2) is 8.78 Å². The maximum atomic E-state index is 15.0. The van der Waals surface area contributed by atoms with E-state index in [1.165, 1.54) is 18.2 Å². The maximum Gasteiger partial charge on any atom is 0.201 e. The van der Waals surface area contributed by atoms with Gasteiger partial charge in [-0.3, -0.25) is 0 Å². The summed E-state index contributed by atoms with van der Waals surface area (Å²) in [5, 5.41) is 0. The van der Waals surface area contributed by atoms with Crippen molar-refractivity contribution in [2.24, 2.45) is 5.92 Å². The first-order valence-corrected chi connectivity index (χ1v) is 12.4. The molecule has 0 N–H and O–H groups in total. The monoisotopic (exact) mass is 496 g/mol. The molecule has 0 saturated carbocycles. The molecule has 190 valence electrons. The molecule has 0 aromatic heterocycles. The number of ether oxygens (including phenoxy) is 3. The first-order chi connectivity index (χ1) is 17.5. The van der Waals surface area contributed by atoms with E-state index in [-0.39, 0.29) is 17.2 Å². The molecule has 1 aliphatic heterocycles. The molecular weight excluding hydrogens is 465 g/mol. The van der Waals surface area contributed by atoms with Gasteiger partial charge in [0.1, 0.15) is 5.82 Å². The first kappa shape index (κ1) is 26.0. The van der Waals surface area contributed by atoms with Crippen molar-refractivity contribution in [3.63, 3.8) is 0 Å². The lowest BCUT2D eigenvalue weighted by molar-refractivity contribution is -0.197. The molecule has 6 heteroatoms. The summed E-state index contributed by atoms with van der Waals surface area (Å²) in [6, 6.07) is 14.5. The van der Waals surface area contributed by atoms with Crippen LogP contribution in [0, 0.1) is 23.4 Å². The van der Waals surface area contributed by atoms with Gasteiger partial charge in [0.05, 0.1) is 19.8 Å². The van der Waals surface area contributed by atoms with Gasteiger partial charge in [-0.1, -0.05) is 68.3 Å². The predicted octanol–water partition coefficient (Wildman–Crippen LogP) is 8.24. The van der Waals surface area contributed by atoms with Gasteiger partial charge in [0.25, 0.3) is 0 Å². The first-order valence-electron chi connectivity index (χ1n) is 12.4. The van der Waals surface area contributed by atoms with Crippen LogP contribution in [-0.2, 0) is 9.47 Å². The van der Waals surface area contributed by atoms with Crippen molar-refractivity contribution in [2.75, 3.05) is 19.8 Å². The summed E-state index contributed by atoms with van der Waals surface area (Å²) in [7, 11) is 0. The van der Waals surface area contributed by atoms with Gasteiger partial charge < -0.3 is 14.2 Å². The molecule has 0 amide bonds. The van der Waals surface area contributed by atoms with E-state index in [0.717, 1.165) is 19.3 Å². The van der Waals surface area contributed by atoms with Crippen molar-refractivity contribution < 1.29 is 27.4 Å². The van der Waals surface area contributed by atoms with E-state index in [1.807, 2.05) is 19.1 Å². The van der Waals surface area contributed by atoms with Crippen LogP contribution in [0.2, 0.25) is 0 Å². The van der Waals surface area contributed by atoms with Gasteiger partial charge in [-0.05, 0) is 42.7 Å². The quantitative estimate of drug-likeness (QED) is 0.221. The molecule has 0 radical (unpaired) electrons. The molecule has 36 heavy (non-hydrogen) atoms. The molecule has 0 unspecified atom stereocenters. The minimum Gasteiger partial charge on any atom is -0.490 e. The van der Waals surface area contributed by atoms with Crippen molar-refractivity contribution in [1.82, 2.24) is 0 Å². The van der Waals surface area contributed by atoms with Crippen molar-refractivity contribution >= 4 is 0 Å². The SMILES string of the molecule is C/C=C/C1COC(c2ccc(-c3ccc(-c4ccc(OCCCCC)c(F)c4F)cc3)c(F)c2)OC1. The number of halogens is 3. The van der Waals surface area contributed by atoms with Crippen LogP contribution >= 0.6 is 0 Å². The Morgan fingerprint density at radius 1 is 0.861 bits per heavy atom. The fraction of sp³-hybridized carbons (Fsp3) is 0.333. The van der Waals surface area contributed by atoms with Crippen molar-refractivity contribution in [1.29, 1.82) is 0 Å². The normalized spacial score (nSPS) is 18.0. The minimum atomic E-state index is -1.00. The van der Waals surface area contributed by atoms with Crippen molar-refractivity contribution in [3.8, 4) is 28.0 Å². The average molecular weight is 497 g/mol. The van der Waals surface area contributed by atoms with Gasteiger partial charge in [0, 0.05) is 22.6 Å². The van der Waals surface area contributed by atoms with Crippen LogP contribution in [-0.4, -0.2) is 19.8 Å². The molecule has 0 aliphatic carbocycles. The molecular formula is C30H31F3O3. The van der Waals surface area contributed by atoms with Crippen LogP contribution in [0.25, 0.3) is 22.3 Å². The van der Waals surface area contributed by atoms with Crippen LogP contribution in [0.1, 0.15) is 45.0 Å². The lowest BCUT2D eigenvalue weighted by atomic mass is 9.98. The van der Waals surface area contributed by atoms with Gasteiger partial charge >= 0.3 is 0 Å². The predicted molar refractivity (Wildman–Crippen MR) is 135 cm³/mol. The largest absolute Gasteiger partial charge is 0.490 e. The smallest absolute Gasteiger partial charge is 0.201 e. The highest BCUT2D eigenvalue weighted by atomic mass is 19.2. The van der Waals surface area contributed by atoms with Gasteiger partial charge in [0.15, 0.2) is 17.9 Å². The number of rotatable bonds is 9. The number of benzene rings is 3. The third-order valence-corrected chi connectivity index (χ3v) is 6.21. The standard InChI is InChI=1S/C30H31F3O3/c1-3-5-6-16-34-27-15-14-25(28(32)29(27)33)22-10-8-21(9-11-22)24-13-12-23(17-26(24)31)30-35-18-20(7-4-2)19-36-30/h4,7-15,17,20,30H,3,5-6,16,18-19H2,1-2H3/b7-4+. The van der Waals surface area contributed by atoms with E-state index in [2.05, 4.69) is 6.92 Å². The second-order valence-corrected chi connectivity index (χ2v) is 8.90. The van der Waals surface area contributed by atoms with E-state index >= 15 is 0 Å². The summed E-state index contributed by atoms with van der Waals surface area (Å²) in [6.45, 7) is 5.39. The van der Waals surface area contributed by atoms with E-state index in [4.69, 9.17) is 14.2 Å². The zero-order valence-corrected chi connectivity index (χ0v) is 20.6. The number of unbranched alkanes of at least 4 members (excludes halogenated alkanes) is 2. The average Bonchev–Trinajstić information content (AvgIpc) is 2.90. The number of hydrogen-bond donors (Lipinski definition) is 0. The van der Waals surface area contributed by atoms with Gasteiger partial charge in [0.2, 0.25) is 5.82 Å². The fourth-order valence-corrected chi connectivity index (χ4v) is 4.24. The molecule has 1 heterocycles. The molecule has 3 aromatic rings. The van der Waals surface area contributed by atoms with Crippen LogP contribution in [0.4, 0.5) is 13.2 Å². The van der Waals surface area contributed by atoms with Crippen LogP contribution in [0.15, 0.2) is 66.7 Å². The van der Waals surface area contributed by atoms with E-state index in [9.17, 15) is 13.2 Å². The molecule has 0 atom stereocenters.